The van der Waals surface area contributed by atoms with Crippen LogP contribution in [0.25, 0.3) is 10.8 Å². The van der Waals surface area contributed by atoms with E-state index in [1.165, 1.54) is 32.4 Å². The fourth-order valence-electron chi connectivity index (χ4n) is 4.47. The lowest BCUT2D eigenvalue weighted by Crippen LogP contribution is -2.14. The van der Waals surface area contributed by atoms with Gasteiger partial charge in [0.2, 0.25) is 5.91 Å². The number of azo groups is 1. The molecule has 11 nitrogen and oxygen atoms in total. The molecule has 0 aromatic heterocycles. The van der Waals surface area contributed by atoms with Crippen molar-refractivity contribution in [3.63, 3.8) is 0 Å². The van der Waals surface area contributed by atoms with Gasteiger partial charge in [-0.1, -0.05) is 30.3 Å². The van der Waals surface area contributed by atoms with E-state index in [2.05, 4.69) is 20.9 Å². The molecule has 5 aromatic carbocycles. The molecule has 0 aliphatic carbocycles. The van der Waals surface area contributed by atoms with E-state index in [1.54, 1.807) is 78.9 Å². The third kappa shape index (κ3) is 6.16. The highest BCUT2D eigenvalue weighted by Crippen LogP contribution is 2.40. The normalized spacial score (nSPS) is 10.9. The van der Waals surface area contributed by atoms with E-state index in [1.807, 2.05) is 0 Å². The molecule has 5 aromatic rings. The number of hydrogen-bond acceptors (Lipinski definition) is 8. The molecule has 0 aliphatic heterocycles. The van der Waals surface area contributed by atoms with Gasteiger partial charge in [-0.25, -0.2) is 0 Å². The summed E-state index contributed by atoms with van der Waals surface area (Å²) in [6.07, 6.45) is 0. The lowest BCUT2D eigenvalue weighted by molar-refractivity contribution is 0.0996. The number of nitrogens with zero attached hydrogens (tertiary/aromatic N) is 2. The van der Waals surface area contributed by atoms with Gasteiger partial charge in [-0.3, -0.25) is 14.4 Å². The molecule has 0 spiro atoms. The topological polar surface area (TPSA) is 165 Å². The zero-order valence-electron chi connectivity index (χ0n) is 23.7. The predicted molar refractivity (Wildman–Crippen MR) is 167 cm³/mol. The smallest absolute Gasteiger partial charge is 0.259 e. The molecular formula is C33H27N5O6. The number of anilines is 2. The minimum absolute atomic E-state index is 0.00309. The van der Waals surface area contributed by atoms with Crippen LogP contribution in [0.15, 0.2) is 107 Å². The molecule has 44 heavy (non-hydrogen) atoms. The fraction of sp³-hybridized carbons (Fsp3) is 0.0606. The molecule has 0 heterocycles. The molecule has 0 unspecified atom stereocenters. The number of rotatable bonds is 9. The molecule has 0 saturated heterocycles. The van der Waals surface area contributed by atoms with Gasteiger partial charge in [0.05, 0.1) is 36.8 Å². The van der Waals surface area contributed by atoms with Gasteiger partial charge in [0, 0.05) is 16.5 Å². The van der Waals surface area contributed by atoms with Crippen LogP contribution in [0.5, 0.6) is 17.2 Å². The maximum Gasteiger partial charge on any atom is 0.259 e. The summed E-state index contributed by atoms with van der Waals surface area (Å²) in [6, 6.07) is 26.1. The van der Waals surface area contributed by atoms with E-state index >= 15 is 0 Å². The lowest BCUT2D eigenvalue weighted by atomic mass is 10.00. The molecule has 220 valence electrons. The Balaban J connectivity index is 1.58. The van der Waals surface area contributed by atoms with Crippen LogP contribution in [-0.2, 0) is 0 Å². The van der Waals surface area contributed by atoms with Crippen LogP contribution in [0.4, 0.5) is 22.7 Å². The second kappa shape index (κ2) is 12.7. The number of para-hydroxylation sites is 4. The summed E-state index contributed by atoms with van der Waals surface area (Å²) in [5, 5.41) is 26.2. The number of hydrogen-bond donors (Lipinski definition) is 4. The minimum Gasteiger partial charge on any atom is -0.505 e. The van der Waals surface area contributed by atoms with Gasteiger partial charge in [-0.05, 0) is 72.1 Å². The molecule has 11 heteroatoms. The number of nitrogens with two attached hydrogens (primary N) is 1. The Bertz CT molecular complexity index is 1920. The van der Waals surface area contributed by atoms with E-state index in [0.717, 1.165) is 0 Å². The maximum absolute atomic E-state index is 13.5. The third-order valence-corrected chi connectivity index (χ3v) is 6.72. The van der Waals surface area contributed by atoms with Crippen LogP contribution in [0, 0.1) is 0 Å². The minimum atomic E-state index is -0.639. The van der Waals surface area contributed by atoms with Crippen molar-refractivity contribution in [2.75, 3.05) is 24.9 Å². The first-order valence-corrected chi connectivity index (χ1v) is 13.3. The number of fused-ring (bicyclic) bond motifs is 1. The number of carbonyl (C=O) groups is 3. The number of phenols is 1. The van der Waals surface area contributed by atoms with Crippen molar-refractivity contribution in [1.82, 2.24) is 0 Å². The van der Waals surface area contributed by atoms with Crippen molar-refractivity contribution in [2.45, 2.75) is 0 Å². The molecule has 0 atom stereocenters. The Labute approximate surface area is 252 Å². The molecular weight excluding hydrogens is 562 g/mol. The SMILES string of the molecule is COc1ccccc1NC(=O)c1ccc2c(N=Nc3ccc(C(N)=O)cc3)c(O)c(C(=O)Nc3ccccc3OC)cc2c1. The van der Waals surface area contributed by atoms with Crippen LogP contribution < -0.4 is 25.8 Å². The molecule has 5 rings (SSSR count). The van der Waals surface area contributed by atoms with Crippen molar-refractivity contribution in [1.29, 1.82) is 0 Å². The first-order valence-electron chi connectivity index (χ1n) is 13.3. The second-order valence-corrected chi connectivity index (χ2v) is 9.48. The van der Waals surface area contributed by atoms with E-state index in [4.69, 9.17) is 15.2 Å². The standard InChI is InChI=1S/C33H27N5O6/c1-43-27-9-5-3-7-25(27)35-32(41)20-13-16-23-21(17-20)18-24(33(42)36-26-8-4-6-10-28(26)44-2)30(39)29(23)38-37-22-14-11-19(12-15-22)31(34)40/h3-18,39H,1-2H3,(H2,34,40)(H,35,41)(H,36,42). The number of nitrogens with one attached hydrogen (secondary N) is 2. The summed E-state index contributed by atoms with van der Waals surface area (Å²) in [7, 11) is 2.98. The zero-order chi connectivity index (χ0) is 31.2. The highest BCUT2D eigenvalue weighted by Gasteiger charge is 2.21. The highest BCUT2D eigenvalue weighted by atomic mass is 16.5. The summed E-state index contributed by atoms with van der Waals surface area (Å²) < 4.78 is 10.7. The molecule has 0 saturated carbocycles. The molecule has 0 fully saturated rings. The van der Waals surface area contributed by atoms with Crippen LogP contribution >= 0.6 is 0 Å². The van der Waals surface area contributed by atoms with Gasteiger partial charge in [-0.15, -0.1) is 5.11 Å². The number of phenolic OH excluding ortho intramolecular Hbond substituents is 1. The summed E-state index contributed by atoms with van der Waals surface area (Å²) in [5.41, 5.74) is 7.04. The van der Waals surface area contributed by atoms with E-state index in [9.17, 15) is 19.5 Å². The first-order chi connectivity index (χ1) is 21.3. The van der Waals surface area contributed by atoms with Crippen molar-refractivity contribution >= 4 is 51.2 Å². The zero-order valence-corrected chi connectivity index (χ0v) is 23.7. The Morgan fingerprint density at radius 1 is 0.705 bits per heavy atom. The largest absolute Gasteiger partial charge is 0.505 e. The van der Waals surface area contributed by atoms with Gasteiger partial charge in [0.15, 0.2) is 5.75 Å². The van der Waals surface area contributed by atoms with Crippen molar-refractivity contribution < 1.29 is 29.0 Å². The van der Waals surface area contributed by atoms with Gasteiger partial charge < -0.3 is 30.9 Å². The predicted octanol–water partition coefficient (Wildman–Crippen LogP) is 6.58. The van der Waals surface area contributed by atoms with Crippen LogP contribution in [0.2, 0.25) is 0 Å². The van der Waals surface area contributed by atoms with Crippen molar-refractivity contribution in [3.8, 4) is 17.2 Å². The maximum atomic E-state index is 13.5. The summed E-state index contributed by atoms with van der Waals surface area (Å²) in [4.78, 5) is 38.1. The highest BCUT2D eigenvalue weighted by molar-refractivity contribution is 6.14. The fourth-order valence-corrected chi connectivity index (χ4v) is 4.47. The summed E-state index contributed by atoms with van der Waals surface area (Å²) >= 11 is 0. The van der Waals surface area contributed by atoms with Crippen LogP contribution in [0.1, 0.15) is 31.1 Å². The van der Waals surface area contributed by atoms with Crippen molar-refractivity contribution in [3.05, 3.63) is 114 Å². The molecule has 0 bridgehead atoms. The number of methoxy groups -OCH3 is 2. The van der Waals surface area contributed by atoms with Crippen LogP contribution in [0.3, 0.4) is 0 Å². The summed E-state index contributed by atoms with van der Waals surface area (Å²) in [6.45, 7) is 0. The van der Waals surface area contributed by atoms with Crippen LogP contribution in [-0.4, -0.2) is 37.0 Å². The molecule has 3 amide bonds. The number of primary amides is 1. The Morgan fingerprint density at radius 3 is 1.86 bits per heavy atom. The second-order valence-electron chi connectivity index (χ2n) is 9.48. The van der Waals surface area contributed by atoms with Crippen molar-refractivity contribution in [2.24, 2.45) is 16.0 Å². The lowest BCUT2D eigenvalue weighted by Gasteiger charge is -2.14. The van der Waals surface area contributed by atoms with Gasteiger partial charge >= 0.3 is 0 Å². The summed E-state index contributed by atoms with van der Waals surface area (Å²) in [5.74, 6) is -1.14. The molecule has 0 aliphatic rings. The number of benzene rings is 5. The van der Waals surface area contributed by atoms with E-state index in [-0.39, 0.29) is 16.8 Å². The number of amides is 3. The van der Waals surface area contributed by atoms with Gasteiger partial charge in [-0.2, -0.15) is 5.11 Å². The quantitative estimate of drug-likeness (QED) is 0.142. The molecule has 5 N–H and O–H groups in total. The Hall–Kier alpha value is -6.23. The van der Waals surface area contributed by atoms with Gasteiger partial charge in [0.25, 0.3) is 11.8 Å². The number of aromatic hydroxyl groups is 1. The van der Waals surface area contributed by atoms with Gasteiger partial charge in [0.1, 0.15) is 17.2 Å². The number of ether oxygens (including phenoxy) is 2. The Morgan fingerprint density at radius 2 is 1.27 bits per heavy atom. The number of carbonyl (C=O) groups excluding carboxylic acids is 3. The third-order valence-electron chi connectivity index (χ3n) is 6.72. The van der Waals surface area contributed by atoms with E-state index in [0.29, 0.717) is 44.9 Å². The Kier molecular flexibility index (Phi) is 8.47. The first kappa shape index (κ1) is 29.3. The molecule has 0 radical (unpaired) electrons. The average Bonchev–Trinajstić information content (AvgIpc) is 3.04. The monoisotopic (exact) mass is 589 g/mol. The van der Waals surface area contributed by atoms with E-state index < -0.39 is 23.5 Å². The average molecular weight is 590 g/mol.